The van der Waals surface area contributed by atoms with Crippen LogP contribution in [0.4, 0.5) is 0 Å². The van der Waals surface area contributed by atoms with Crippen LogP contribution < -0.4 is 0 Å². The molecule has 2 aromatic heterocycles. The second kappa shape index (κ2) is 4.13. The van der Waals surface area contributed by atoms with Crippen molar-refractivity contribution in [3.05, 3.63) is 50.9 Å². The van der Waals surface area contributed by atoms with E-state index in [1.807, 2.05) is 19.1 Å². The van der Waals surface area contributed by atoms with E-state index in [1.54, 1.807) is 12.1 Å². The standard InChI is InChI=1S/C11H8ClNOS/c1-7-2-5-10(15-7)11(14)9-4-3-8(12)6-13-9/h2-6H,1H3. The first kappa shape index (κ1) is 10.3. The predicted molar refractivity (Wildman–Crippen MR) is 61.7 cm³/mol. The number of hydrogen-bond acceptors (Lipinski definition) is 3. The molecular weight excluding hydrogens is 230 g/mol. The van der Waals surface area contributed by atoms with E-state index in [2.05, 4.69) is 4.98 Å². The van der Waals surface area contributed by atoms with Crippen LogP contribution in [0.5, 0.6) is 0 Å². The summed E-state index contributed by atoms with van der Waals surface area (Å²) in [5.74, 6) is -0.0511. The van der Waals surface area contributed by atoms with Crippen LogP contribution in [0.15, 0.2) is 30.5 Å². The molecule has 0 saturated carbocycles. The summed E-state index contributed by atoms with van der Waals surface area (Å²) in [4.78, 5) is 17.7. The Labute approximate surface area is 96.5 Å². The molecule has 0 radical (unpaired) electrons. The Balaban J connectivity index is 2.32. The zero-order valence-electron chi connectivity index (χ0n) is 8.03. The summed E-state index contributed by atoms with van der Waals surface area (Å²) >= 11 is 7.17. The van der Waals surface area contributed by atoms with Crippen LogP contribution in [0.2, 0.25) is 5.02 Å². The van der Waals surface area contributed by atoms with Crippen LogP contribution in [0, 0.1) is 6.92 Å². The zero-order chi connectivity index (χ0) is 10.8. The third-order valence-corrected chi connectivity index (χ3v) is 3.15. The molecule has 0 aromatic carbocycles. The van der Waals surface area contributed by atoms with Crippen LogP contribution in [0.1, 0.15) is 20.2 Å². The molecule has 2 aromatic rings. The molecule has 76 valence electrons. The van der Waals surface area contributed by atoms with E-state index < -0.39 is 0 Å². The molecule has 0 N–H and O–H groups in total. The minimum Gasteiger partial charge on any atom is -0.286 e. The molecule has 0 aliphatic heterocycles. The Morgan fingerprint density at radius 3 is 2.67 bits per heavy atom. The number of halogens is 1. The van der Waals surface area contributed by atoms with E-state index in [9.17, 15) is 4.79 Å². The van der Waals surface area contributed by atoms with Crippen molar-refractivity contribution in [2.45, 2.75) is 6.92 Å². The molecule has 0 spiro atoms. The SMILES string of the molecule is Cc1ccc(C(=O)c2ccc(Cl)cn2)s1. The Morgan fingerprint density at radius 2 is 2.13 bits per heavy atom. The molecule has 0 saturated heterocycles. The van der Waals surface area contributed by atoms with E-state index in [0.717, 1.165) is 4.88 Å². The van der Waals surface area contributed by atoms with Gasteiger partial charge in [0.05, 0.1) is 9.90 Å². The van der Waals surface area contributed by atoms with Gasteiger partial charge in [-0.2, -0.15) is 0 Å². The number of thiophene rings is 1. The van der Waals surface area contributed by atoms with E-state index in [1.165, 1.54) is 17.5 Å². The number of rotatable bonds is 2. The first-order valence-electron chi connectivity index (χ1n) is 4.39. The fourth-order valence-corrected chi connectivity index (χ4v) is 2.12. The van der Waals surface area contributed by atoms with Crippen LogP contribution >= 0.6 is 22.9 Å². The normalized spacial score (nSPS) is 10.3. The topological polar surface area (TPSA) is 30.0 Å². The minimum atomic E-state index is -0.0511. The summed E-state index contributed by atoms with van der Waals surface area (Å²) in [5.41, 5.74) is 0.432. The van der Waals surface area contributed by atoms with E-state index >= 15 is 0 Å². The number of hydrogen-bond donors (Lipinski definition) is 0. The first-order chi connectivity index (χ1) is 7.16. The highest BCUT2D eigenvalue weighted by Crippen LogP contribution is 2.18. The van der Waals surface area contributed by atoms with Crippen molar-refractivity contribution in [3.8, 4) is 0 Å². The molecule has 0 fully saturated rings. The van der Waals surface area contributed by atoms with Crippen molar-refractivity contribution in [1.29, 1.82) is 0 Å². The van der Waals surface area contributed by atoms with Gasteiger partial charge in [0.2, 0.25) is 5.78 Å². The van der Waals surface area contributed by atoms with E-state index in [0.29, 0.717) is 15.6 Å². The molecule has 0 bridgehead atoms. The monoisotopic (exact) mass is 237 g/mol. The highest BCUT2D eigenvalue weighted by atomic mass is 35.5. The summed E-state index contributed by atoms with van der Waals surface area (Å²) < 4.78 is 0. The fourth-order valence-electron chi connectivity index (χ4n) is 1.19. The highest BCUT2D eigenvalue weighted by Gasteiger charge is 2.11. The molecule has 0 aliphatic carbocycles. The lowest BCUT2D eigenvalue weighted by Gasteiger charge is -1.96. The van der Waals surface area contributed by atoms with Gasteiger partial charge in [-0.15, -0.1) is 11.3 Å². The molecule has 2 heterocycles. The Kier molecular flexibility index (Phi) is 2.84. The molecule has 0 amide bonds. The Hall–Kier alpha value is -1.19. The molecule has 0 atom stereocenters. The van der Waals surface area contributed by atoms with Gasteiger partial charge in [-0.3, -0.25) is 9.78 Å². The molecule has 2 rings (SSSR count). The minimum absolute atomic E-state index is 0.0511. The van der Waals surface area contributed by atoms with Gasteiger partial charge in [-0.25, -0.2) is 0 Å². The maximum Gasteiger partial charge on any atom is 0.221 e. The van der Waals surface area contributed by atoms with Gasteiger partial charge in [0, 0.05) is 11.1 Å². The van der Waals surface area contributed by atoms with Gasteiger partial charge in [0.15, 0.2) is 0 Å². The fraction of sp³-hybridized carbons (Fsp3) is 0.0909. The Morgan fingerprint density at radius 1 is 1.33 bits per heavy atom. The molecular formula is C11H8ClNOS. The lowest BCUT2D eigenvalue weighted by atomic mass is 10.2. The quantitative estimate of drug-likeness (QED) is 0.750. The van der Waals surface area contributed by atoms with Crippen LogP contribution in [-0.4, -0.2) is 10.8 Å². The lowest BCUT2D eigenvalue weighted by Crippen LogP contribution is -2.00. The predicted octanol–water partition coefficient (Wildman–Crippen LogP) is 3.34. The maximum atomic E-state index is 11.9. The third kappa shape index (κ3) is 2.25. The van der Waals surface area contributed by atoms with E-state index in [4.69, 9.17) is 11.6 Å². The summed E-state index contributed by atoms with van der Waals surface area (Å²) in [6, 6.07) is 7.05. The van der Waals surface area contributed by atoms with Crippen molar-refractivity contribution in [2.75, 3.05) is 0 Å². The number of nitrogens with zero attached hydrogens (tertiary/aromatic N) is 1. The zero-order valence-corrected chi connectivity index (χ0v) is 9.60. The van der Waals surface area contributed by atoms with Crippen molar-refractivity contribution in [3.63, 3.8) is 0 Å². The summed E-state index contributed by atoms with van der Waals surface area (Å²) in [7, 11) is 0. The third-order valence-electron chi connectivity index (χ3n) is 1.92. The van der Waals surface area contributed by atoms with Crippen LogP contribution in [0.3, 0.4) is 0 Å². The van der Waals surface area contributed by atoms with Crippen LogP contribution in [0.25, 0.3) is 0 Å². The van der Waals surface area contributed by atoms with Crippen molar-refractivity contribution in [2.24, 2.45) is 0 Å². The lowest BCUT2D eigenvalue weighted by molar-refractivity contribution is 0.103. The van der Waals surface area contributed by atoms with Gasteiger partial charge in [-0.1, -0.05) is 11.6 Å². The summed E-state index contributed by atoms with van der Waals surface area (Å²) in [6.07, 6.45) is 1.48. The molecule has 0 aliphatic rings. The number of carbonyl (C=O) groups excluding carboxylic acids is 1. The molecule has 15 heavy (non-hydrogen) atoms. The number of carbonyl (C=O) groups is 1. The van der Waals surface area contributed by atoms with Crippen molar-refractivity contribution < 1.29 is 4.79 Å². The van der Waals surface area contributed by atoms with Crippen LogP contribution in [-0.2, 0) is 0 Å². The largest absolute Gasteiger partial charge is 0.286 e. The molecule has 2 nitrogen and oxygen atoms in total. The second-order valence-electron chi connectivity index (χ2n) is 3.10. The number of ketones is 1. The smallest absolute Gasteiger partial charge is 0.221 e. The van der Waals surface area contributed by atoms with Crippen molar-refractivity contribution in [1.82, 2.24) is 4.98 Å². The number of pyridine rings is 1. The number of aryl methyl sites for hydroxylation is 1. The molecule has 0 unspecified atom stereocenters. The Bertz CT molecular complexity index is 490. The van der Waals surface area contributed by atoms with Gasteiger partial charge in [0.25, 0.3) is 0 Å². The average Bonchev–Trinajstić information content (AvgIpc) is 2.65. The number of aromatic nitrogens is 1. The van der Waals surface area contributed by atoms with Gasteiger partial charge >= 0.3 is 0 Å². The summed E-state index contributed by atoms with van der Waals surface area (Å²) in [5, 5.41) is 0.536. The average molecular weight is 238 g/mol. The van der Waals surface area contributed by atoms with E-state index in [-0.39, 0.29) is 5.78 Å². The summed E-state index contributed by atoms with van der Waals surface area (Å²) in [6.45, 7) is 1.97. The first-order valence-corrected chi connectivity index (χ1v) is 5.59. The molecule has 4 heteroatoms. The van der Waals surface area contributed by atoms with Gasteiger partial charge in [-0.05, 0) is 31.2 Å². The highest BCUT2D eigenvalue weighted by molar-refractivity contribution is 7.14. The second-order valence-corrected chi connectivity index (χ2v) is 4.83. The van der Waals surface area contributed by atoms with Crippen molar-refractivity contribution >= 4 is 28.7 Å². The maximum absolute atomic E-state index is 11.9. The van der Waals surface area contributed by atoms with Gasteiger partial charge in [0.1, 0.15) is 5.69 Å². The van der Waals surface area contributed by atoms with Gasteiger partial charge < -0.3 is 0 Å².